The maximum Gasteiger partial charge on any atom is 0.129 e. The fraction of sp³-hybridized carbons (Fsp3) is 0.667. The molecule has 16 heavy (non-hydrogen) atoms. The fourth-order valence-corrected chi connectivity index (χ4v) is 1.90. The number of anilines is 1. The molecule has 2 heterocycles. The Kier molecular flexibility index (Phi) is 3.39. The molecule has 0 spiro atoms. The van der Waals surface area contributed by atoms with E-state index >= 15 is 0 Å². The van der Waals surface area contributed by atoms with E-state index < -0.39 is 0 Å². The summed E-state index contributed by atoms with van der Waals surface area (Å²) in [6, 6.07) is 1.97. The van der Waals surface area contributed by atoms with Crippen LogP contribution in [0.15, 0.2) is 12.4 Å². The van der Waals surface area contributed by atoms with E-state index in [1.807, 2.05) is 13.0 Å². The van der Waals surface area contributed by atoms with Gasteiger partial charge in [0.25, 0.3) is 0 Å². The van der Waals surface area contributed by atoms with E-state index in [1.165, 1.54) is 0 Å². The maximum absolute atomic E-state index is 5.38. The first kappa shape index (κ1) is 11.3. The molecule has 2 rings (SSSR count). The summed E-state index contributed by atoms with van der Waals surface area (Å²) in [5.41, 5.74) is 1.33. The van der Waals surface area contributed by atoms with Crippen molar-refractivity contribution in [3.05, 3.63) is 18.1 Å². The maximum atomic E-state index is 5.38. The van der Waals surface area contributed by atoms with Gasteiger partial charge >= 0.3 is 0 Å². The van der Waals surface area contributed by atoms with E-state index in [4.69, 9.17) is 4.74 Å². The molecule has 1 saturated heterocycles. The van der Waals surface area contributed by atoms with Crippen molar-refractivity contribution in [1.29, 1.82) is 0 Å². The Morgan fingerprint density at radius 3 is 2.81 bits per heavy atom. The molecule has 4 nitrogen and oxygen atoms in total. The van der Waals surface area contributed by atoms with Crippen LogP contribution in [0.25, 0.3) is 0 Å². The van der Waals surface area contributed by atoms with E-state index in [9.17, 15) is 0 Å². The van der Waals surface area contributed by atoms with E-state index in [2.05, 4.69) is 22.2 Å². The van der Waals surface area contributed by atoms with Crippen LogP contribution in [0.4, 0.5) is 5.82 Å². The highest BCUT2D eigenvalue weighted by Crippen LogP contribution is 2.29. The van der Waals surface area contributed by atoms with Crippen LogP contribution in [0.5, 0.6) is 0 Å². The Labute approximate surface area is 96.4 Å². The lowest BCUT2D eigenvalue weighted by molar-refractivity contribution is 0.0300. The molecule has 4 heteroatoms. The van der Waals surface area contributed by atoms with Gasteiger partial charge in [-0.1, -0.05) is 6.92 Å². The van der Waals surface area contributed by atoms with Crippen molar-refractivity contribution < 1.29 is 4.74 Å². The highest BCUT2D eigenvalue weighted by molar-refractivity contribution is 5.34. The first-order valence-corrected chi connectivity index (χ1v) is 5.78. The molecule has 1 aliphatic rings. The second kappa shape index (κ2) is 4.78. The van der Waals surface area contributed by atoms with Crippen molar-refractivity contribution in [2.24, 2.45) is 5.41 Å². The van der Waals surface area contributed by atoms with Crippen LogP contribution in [0.2, 0.25) is 0 Å². The van der Waals surface area contributed by atoms with Crippen LogP contribution in [0.1, 0.15) is 25.5 Å². The SMILES string of the molecule is Cc1cc(NCC2(C)CCOCC2)ncn1. The van der Waals surface area contributed by atoms with Crippen LogP contribution in [-0.2, 0) is 4.74 Å². The quantitative estimate of drug-likeness (QED) is 0.848. The van der Waals surface area contributed by atoms with Crippen molar-refractivity contribution in [1.82, 2.24) is 9.97 Å². The number of nitrogens with one attached hydrogen (secondary N) is 1. The average molecular weight is 221 g/mol. The van der Waals surface area contributed by atoms with E-state index in [0.717, 1.165) is 44.1 Å². The topological polar surface area (TPSA) is 47.0 Å². The van der Waals surface area contributed by atoms with Gasteiger partial charge in [-0.25, -0.2) is 9.97 Å². The number of aromatic nitrogens is 2. The Bertz CT molecular complexity index is 348. The number of rotatable bonds is 3. The molecule has 1 N–H and O–H groups in total. The summed E-state index contributed by atoms with van der Waals surface area (Å²) < 4.78 is 5.38. The Morgan fingerprint density at radius 2 is 2.12 bits per heavy atom. The minimum Gasteiger partial charge on any atom is -0.381 e. The van der Waals surface area contributed by atoms with Crippen LogP contribution in [0, 0.1) is 12.3 Å². The van der Waals surface area contributed by atoms with Crippen molar-refractivity contribution in [2.75, 3.05) is 25.1 Å². The number of hydrogen-bond acceptors (Lipinski definition) is 4. The second-order valence-corrected chi connectivity index (χ2v) is 4.82. The summed E-state index contributed by atoms with van der Waals surface area (Å²) in [6.07, 6.45) is 3.83. The fourth-order valence-electron chi connectivity index (χ4n) is 1.90. The molecule has 1 aromatic heterocycles. The van der Waals surface area contributed by atoms with E-state index in [-0.39, 0.29) is 0 Å². The Balaban J connectivity index is 1.91. The third-order valence-electron chi connectivity index (χ3n) is 3.20. The first-order valence-electron chi connectivity index (χ1n) is 5.78. The van der Waals surface area contributed by atoms with Crippen LogP contribution >= 0.6 is 0 Å². The van der Waals surface area contributed by atoms with Gasteiger partial charge in [0.15, 0.2) is 0 Å². The predicted octanol–water partition coefficient (Wildman–Crippen LogP) is 2.01. The number of aryl methyl sites for hydroxylation is 1. The zero-order valence-corrected chi connectivity index (χ0v) is 9.99. The largest absolute Gasteiger partial charge is 0.381 e. The van der Waals surface area contributed by atoms with Gasteiger partial charge in [-0.05, 0) is 25.2 Å². The highest BCUT2D eigenvalue weighted by atomic mass is 16.5. The lowest BCUT2D eigenvalue weighted by Crippen LogP contribution is -2.33. The molecular formula is C12H19N3O. The summed E-state index contributed by atoms with van der Waals surface area (Å²) in [4.78, 5) is 8.28. The van der Waals surface area contributed by atoms with Crippen LogP contribution < -0.4 is 5.32 Å². The molecule has 0 atom stereocenters. The number of nitrogens with zero attached hydrogens (tertiary/aromatic N) is 2. The Morgan fingerprint density at radius 1 is 1.38 bits per heavy atom. The lowest BCUT2D eigenvalue weighted by atomic mass is 9.82. The molecule has 0 saturated carbocycles. The van der Waals surface area contributed by atoms with Gasteiger partial charge in [0, 0.05) is 31.5 Å². The molecule has 0 bridgehead atoms. The molecular weight excluding hydrogens is 202 g/mol. The van der Waals surface area contributed by atoms with Gasteiger partial charge in [0.2, 0.25) is 0 Å². The predicted molar refractivity (Wildman–Crippen MR) is 63.4 cm³/mol. The summed E-state index contributed by atoms with van der Waals surface area (Å²) >= 11 is 0. The summed E-state index contributed by atoms with van der Waals surface area (Å²) in [6.45, 7) is 6.98. The smallest absolute Gasteiger partial charge is 0.129 e. The average Bonchev–Trinajstić information content (AvgIpc) is 2.28. The zero-order valence-electron chi connectivity index (χ0n) is 9.99. The molecule has 1 fully saturated rings. The molecule has 0 aliphatic carbocycles. The van der Waals surface area contributed by atoms with Crippen molar-refractivity contribution in [3.8, 4) is 0 Å². The van der Waals surface area contributed by atoms with Crippen LogP contribution in [-0.4, -0.2) is 29.7 Å². The minimum atomic E-state index is 0.330. The monoisotopic (exact) mass is 221 g/mol. The number of hydrogen-bond donors (Lipinski definition) is 1. The first-order chi connectivity index (χ1) is 7.68. The van der Waals surface area contributed by atoms with Crippen LogP contribution in [0.3, 0.4) is 0 Å². The minimum absolute atomic E-state index is 0.330. The van der Waals surface area contributed by atoms with Gasteiger partial charge in [0.1, 0.15) is 12.1 Å². The molecule has 88 valence electrons. The lowest BCUT2D eigenvalue weighted by Gasteiger charge is -2.33. The summed E-state index contributed by atoms with van der Waals surface area (Å²) in [5.74, 6) is 0.917. The molecule has 0 unspecified atom stereocenters. The van der Waals surface area contributed by atoms with Gasteiger partial charge in [-0.2, -0.15) is 0 Å². The Hall–Kier alpha value is -1.16. The van der Waals surface area contributed by atoms with Crippen molar-refractivity contribution >= 4 is 5.82 Å². The second-order valence-electron chi connectivity index (χ2n) is 4.82. The van der Waals surface area contributed by atoms with Gasteiger partial charge in [-0.15, -0.1) is 0 Å². The molecule has 0 amide bonds. The summed E-state index contributed by atoms with van der Waals surface area (Å²) in [7, 11) is 0. The molecule has 1 aliphatic heterocycles. The van der Waals surface area contributed by atoms with Gasteiger partial charge in [-0.3, -0.25) is 0 Å². The molecule has 0 radical (unpaired) electrons. The zero-order chi connectivity index (χ0) is 11.4. The molecule has 0 aromatic carbocycles. The van der Waals surface area contributed by atoms with E-state index in [1.54, 1.807) is 6.33 Å². The standard InChI is InChI=1S/C12H19N3O/c1-10-7-11(15-9-14-10)13-8-12(2)3-5-16-6-4-12/h7,9H,3-6,8H2,1-2H3,(H,13,14,15). The van der Waals surface area contributed by atoms with Gasteiger partial charge in [0.05, 0.1) is 0 Å². The third kappa shape index (κ3) is 2.92. The summed E-state index contributed by atoms with van der Waals surface area (Å²) in [5, 5.41) is 3.39. The molecule has 1 aromatic rings. The van der Waals surface area contributed by atoms with Crippen molar-refractivity contribution in [3.63, 3.8) is 0 Å². The highest BCUT2D eigenvalue weighted by Gasteiger charge is 2.27. The third-order valence-corrected chi connectivity index (χ3v) is 3.20. The number of ether oxygens (including phenoxy) is 1. The van der Waals surface area contributed by atoms with E-state index in [0.29, 0.717) is 5.41 Å². The normalized spacial score (nSPS) is 19.4. The van der Waals surface area contributed by atoms with Gasteiger partial charge < -0.3 is 10.1 Å². The van der Waals surface area contributed by atoms with Crippen molar-refractivity contribution in [2.45, 2.75) is 26.7 Å².